The van der Waals surface area contributed by atoms with Gasteiger partial charge in [0.1, 0.15) is 6.33 Å². The standard InChI is InChI=1S/C14H15Br2N3O2/c1-8-4-10(15)12(11(16)5-8)17-6-9-13(20-2)18-7-19-14(9)21-3/h4-5,7,17H,6H2,1-3H3. The summed E-state index contributed by atoms with van der Waals surface area (Å²) in [4.78, 5) is 8.20. The topological polar surface area (TPSA) is 56.3 Å². The predicted molar refractivity (Wildman–Crippen MR) is 89.0 cm³/mol. The first-order chi connectivity index (χ1) is 10.1. The van der Waals surface area contributed by atoms with Gasteiger partial charge in [0, 0.05) is 8.95 Å². The summed E-state index contributed by atoms with van der Waals surface area (Å²) in [6, 6.07) is 4.09. The molecule has 0 spiro atoms. The van der Waals surface area contributed by atoms with Crippen molar-refractivity contribution in [2.24, 2.45) is 0 Å². The Hall–Kier alpha value is -1.34. The summed E-state index contributed by atoms with van der Waals surface area (Å²) in [5.41, 5.74) is 2.88. The first kappa shape index (κ1) is 16.0. The molecule has 0 aliphatic rings. The van der Waals surface area contributed by atoms with Gasteiger partial charge < -0.3 is 14.8 Å². The van der Waals surface area contributed by atoms with Gasteiger partial charge in [0.2, 0.25) is 11.8 Å². The van der Waals surface area contributed by atoms with Gasteiger partial charge in [-0.05, 0) is 56.5 Å². The molecule has 2 aromatic rings. The zero-order chi connectivity index (χ0) is 15.4. The van der Waals surface area contributed by atoms with Crippen molar-refractivity contribution in [3.8, 4) is 11.8 Å². The molecular weight excluding hydrogens is 402 g/mol. The molecule has 2 rings (SSSR count). The molecule has 0 atom stereocenters. The van der Waals surface area contributed by atoms with Crippen LogP contribution < -0.4 is 14.8 Å². The smallest absolute Gasteiger partial charge is 0.225 e. The highest BCUT2D eigenvalue weighted by molar-refractivity contribution is 9.11. The van der Waals surface area contributed by atoms with Crippen LogP contribution in [-0.2, 0) is 6.54 Å². The van der Waals surface area contributed by atoms with Crippen molar-refractivity contribution in [3.63, 3.8) is 0 Å². The van der Waals surface area contributed by atoms with Crippen molar-refractivity contribution in [1.29, 1.82) is 0 Å². The van der Waals surface area contributed by atoms with E-state index in [2.05, 4.69) is 47.1 Å². The third-order valence-electron chi connectivity index (χ3n) is 2.88. The van der Waals surface area contributed by atoms with Crippen LogP contribution in [0.3, 0.4) is 0 Å². The van der Waals surface area contributed by atoms with Gasteiger partial charge in [-0.15, -0.1) is 0 Å². The highest BCUT2D eigenvalue weighted by atomic mass is 79.9. The van der Waals surface area contributed by atoms with Gasteiger partial charge in [-0.1, -0.05) is 0 Å². The Bertz CT molecular complexity index is 605. The SMILES string of the molecule is COc1ncnc(OC)c1CNc1c(Br)cc(C)cc1Br. The average Bonchev–Trinajstić information content (AvgIpc) is 2.45. The molecule has 0 bridgehead atoms. The van der Waals surface area contributed by atoms with E-state index in [1.54, 1.807) is 14.2 Å². The van der Waals surface area contributed by atoms with E-state index in [4.69, 9.17) is 9.47 Å². The van der Waals surface area contributed by atoms with Crippen molar-refractivity contribution >= 4 is 37.5 Å². The lowest BCUT2D eigenvalue weighted by atomic mass is 10.2. The van der Waals surface area contributed by atoms with Crippen LogP contribution in [0.5, 0.6) is 11.8 Å². The minimum absolute atomic E-state index is 0.480. The van der Waals surface area contributed by atoms with Gasteiger partial charge in [0.15, 0.2) is 0 Å². The van der Waals surface area contributed by atoms with E-state index in [0.717, 1.165) is 25.8 Å². The van der Waals surface area contributed by atoms with Crippen LogP contribution in [0.2, 0.25) is 0 Å². The number of rotatable bonds is 5. The fourth-order valence-electron chi connectivity index (χ4n) is 1.93. The fourth-order valence-corrected chi connectivity index (χ4v) is 3.63. The average molecular weight is 417 g/mol. The lowest BCUT2D eigenvalue weighted by Gasteiger charge is -2.14. The lowest BCUT2D eigenvalue weighted by Crippen LogP contribution is -2.07. The van der Waals surface area contributed by atoms with E-state index in [9.17, 15) is 0 Å². The molecule has 0 aliphatic heterocycles. The number of nitrogens with zero attached hydrogens (tertiary/aromatic N) is 2. The zero-order valence-electron chi connectivity index (χ0n) is 11.9. The van der Waals surface area contributed by atoms with E-state index in [1.165, 1.54) is 6.33 Å². The molecule has 1 aromatic heterocycles. The van der Waals surface area contributed by atoms with Gasteiger partial charge >= 0.3 is 0 Å². The molecule has 0 saturated carbocycles. The molecule has 1 aromatic carbocycles. The molecule has 0 amide bonds. The first-order valence-corrected chi connectivity index (χ1v) is 7.76. The van der Waals surface area contributed by atoms with Crippen LogP contribution in [0.15, 0.2) is 27.4 Å². The molecule has 0 unspecified atom stereocenters. The molecular formula is C14H15Br2N3O2. The number of halogens is 2. The summed E-state index contributed by atoms with van der Waals surface area (Å²) in [5.74, 6) is 0.988. The van der Waals surface area contributed by atoms with E-state index in [0.29, 0.717) is 18.3 Å². The van der Waals surface area contributed by atoms with Gasteiger partial charge in [-0.2, -0.15) is 0 Å². The molecule has 0 fully saturated rings. The number of hydrogen-bond acceptors (Lipinski definition) is 5. The molecule has 0 radical (unpaired) electrons. The number of hydrogen-bond donors (Lipinski definition) is 1. The second-order valence-corrected chi connectivity index (χ2v) is 6.04. The minimum atomic E-state index is 0.480. The second-order valence-electron chi connectivity index (χ2n) is 4.33. The van der Waals surface area contributed by atoms with Crippen molar-refractivity contribution in [2.45, 2.75) is 13.5 Å². The van der Waals surface area contributed by atoms with E-state index >= 15 is 0 Å². The van der Waals surface area contributed by atoms with Crippen molar-refractivity contribution < 1.29 is 9.47 Å². The number of anilines is 1. The highest BCUT2D eigenvalue weighted by Gasteiger charge is 2.14. The van der Waals surface area contributed by atoms with Crippen LogP contribution in [0.1, 0.15) is 11.1 Å². The van der Waals surface area contributed by atoms with Crippen LogP contribution in [0.25, 0.3) is 0 Å². The molecule has 1 heterocycles. The third kappa shape index (κ3) is 3.65. The molecule has 0 saturated heterocycles. The molecule has 0 aliphatic carbocycles. The number of benzene rings is 1. The van der Waals surface area contributed by atoms with Gasteiger partial charge in [0.05, 0.1) is 32.0 Å². The van der Waals surface area contributed by atoms with Gasteiger partial charge in [-0.3, -0.25) is 0 Å². The van der Waals surface area contributed by atoms with Crippen molar-refractivity contribution in [2.75, 3.05) is 19.5 Å². The number of aryl methyl sites for hydroxylation is 1. The van der Waals surface area contributed by atoms with Gasteiger partial charge in [-0.25, -0.2) is 9.97 Å². The van der Waals surface area contributed by atoms with E-state index in [1.807, 2.05) is 19.1 Å². The molecule has 112 valence electrons. The van der Waals surface area contributed by atoms with E-state index in [-0.39, 0.29) is 0 Å². The van der Waals surface area contributed by atoms with Crippen molar-refractivity contribution in [1.82, 2.24) is 9.97 Å². The summed E-state index contributed by atoms with van der Waals surface area (Å²) in [5, 5.41) is 3.34. The largest absolute Gasteiger partial charge is 0.481 e. The van der Waals surface area contributed by atoms with Crippen molar-refractivity contribution in [3.05, 3.63) is 38.5 Å². The third-order valence-corrected chi connectivity index (χ3v) is 4.13. The Labute approximate surface area is 140 Å². The molecule has 21 heavy (non-hydrogen) atoms. The Morgan fingerprint density at radius 1 is 1.05 bits per heavy atom. The Kier molecular flexibility index (Phi) is 5.41. The molecule has 5 nitrogen and oxygen atoms in total. The minimum Gasteiger partial charge on any atom is -0.481 e. The second kappa shape index (κ2) is 7.09. The lowest BCUT2D eigenvalue weighted by molar-refractivity contribution is 0.363. The normalized spacial score (nSPS) is 10.3. The maximum atomic E-state index is 5.26. The van der Waals surface area contributed by atoms with Crippen LogP contribution in [-0.4, -0.2) is 24.2 Å². The summed E-state index contributed by atoms with van der Waals surface area (Å²) in [7, 11) is 3.14. The highest BCUT2D eigenvalue weighted by Crippen LogP contribution is 2.33. The van der Waals surface area contributed by atoms with Crippen LogP contribution in [0, 0.1) is 6.92 Å². The quantitative estimate of drug-likeness (QED) is 0.799. The number of aromatic nitrogens is 2. The maximum Gasteiger partial charge on any atom is 0.225 e. The summed E-state index contributed by atoms with van der Waals surface area (Å²) in [6.07, 6.45) is 1.42. The predicted octanol–water partition coefficient (Wildman–Crippen LogP) is 3.94. The van der Waals surface area contributed by atoms with Gasteiger partial charge in [0.25, 0.3) is 0 Å². The monoisotopic (exact) mass is 415 g/mol. The number of methoxy groups -OCH3 is 2. The number of nitrogens with one attached hydrogen (secondary N) is 1. The molecule has 1 N–H and O–H groups in total. The number of ether oxygens (including phenoxy) is 2. The fraction of sp³-hybridized carbons (Fsp3) is 0.286. The first-order valence-electron chi connectivity index (χ1n) is 6.18. The summed E-state index contributed by atoms with van der Waals surface area (Å²) < 4.78 is 12.5. The van der Waals surface area contributed by atoms with E-state index < -0.39 is 0 Å². The summed E-state index contributed by atoms with van der Waals surface area (Å²) in [6.45, 7) is 2.52. The van der Waals surface area contributed by atoms with Crippen LogP contribution >= 0.6 is 31.9 Å². The molecule has 7 heteroatoms. The maximum absolute atomic E-state index is 5.26. The zero-order valence-corrected chi connectivity index (χ0v) is 15.1. The summed E-state index contributed by atoms with van der Waals surface area (Å²) >= 11 is 7.11. The Morgan fingerprint density at radius 3 is 2.05 bits per heavy atom. The Morgan fingerprint density at radius 2 is 1.57 bits per heavy atom. The Balaban J connectivity index is 2.28. The van der Waals surface area contributed by atoms with Crippen LogP contribution in [0.4, 0.5) is 5.69 Å².